The van der Waals surface area contributed by atoms with Crippen LogP contribution < -0.4 is 10.1 Å². The quantitative estimate of drug-likeness (QED) is 0.811. The van der Waals surface area contributed by atoms with E-state index in [1.54, 1.807) is 7.11 Å². The van der Waals surface area contributed by atoms with Crippen LogP contribution in [0.5, 0.6) is 5.75 Å². The molecule has 0 aliphatic carbocycles. The molecule has 1 atom stereocenters. The van der Waals surface area contributed by atoms with Gasteiger partial charge in [-0.15, -0.1) is 0 Å². The molecule has 17 heavy (non-hydrogen) atoms. The fourth-order valence-electron chi connectivity index (χ4n) is 1.31. The van der Waals surface area contributed by atoms with Crippen LogP contribution >= 0.6 is 15.9 Å². The highest BCUT2D eigenvalue weighted by Gasteiger charge is 2.06. The number of ether oxygens (including phenoxy) is 2. The van der Waals surface area contributed by atoms with Gasteiger partial charge in [-0.25, -0.2) is 0 Å². The summed E-state index contributed by atoms with van der Waals surface area (Å²) in [5.41, 5.74) is 0.889. The number of rotatable bonds is 7. The van der Waals surface area contributed by atoms with Gasteiger partial charge in [-0.3, -0.25) is 0 Å². The SMILES string of the molecule is CCOCC(O)CNc1cc(OC)ccc1Br. The molecule has 0 amide bonds. The van der Waals surface area contributed by atoms with E-state index in [9.17, 15) is 5.11 Å². The number of benzene rings is 1. The van der Waals surface area contributed by atoms with Gasteiger partial charge in [0.2, 0.25) is 0 Å². The monoisotopic (exact) mass is 303 g/mol. The van der Waals surface area contributed by atoms with E-state index in [4.69, 9.17) is 9.47 Å². The third-order valence-electron chi connectivity index (χ3n) is 2.22. The summed E-state index contributed by atoms with van der Waals surface area (Å²) in [4.78, 5) is 0. The summed E-state index contributed by atoms with van der Waals surface area (Å²) in [5, 5.41) is 12.8. The van der Waals surface area contributed by atoms with Gasteiger partial charge in [0.25, 0.3) is 0 Å². The van der Waals surface area contributed by atoms with Gasteiger partial charge in [-0.05, 0) is 35.0 Å². The molecule has 0 radical (unpaired) electrons. The molecule has 1 aromatic carbocycles. The zero-order chi connectivity index (χ0) is 12.7. The third kappa shape index (κ3) is 4.93. The molecule has 0 saturated carbocycles. The molecule has 1 aromatic rings. The summed E-state index contributed by atoms with van der Waals surface area (Å²) in [6, 6.07) is 5.64. The first-order valence-electron chi connectivity index (χ1n) is 5.50. The van der Waals surface area contributed by atoms with Crippen molar-refractivity contribution in [2.75, 3.05) is 32.2 Å². The summed E-state index contributed by atoms with van der Waals surface area (Å²) in [6.07, 6.45) is -0.520. The van der Waals surface area contributed by atoms with E-state index in [-0.39, 0.29) is 0 Å². The van der Waals surface area contributed by atoms with Gasteiger partial charge in [0.1, 0.15) is 5.75 Å². The van der Waals surface area contributed by atoms with Crippen LogP contribution in [-0.4, -0.2) is 38.1 Å². The normalized spacial score (nSPS) is 12.2. The first-order chi connectivity index (χ1) is 8.17. The lowest BCUT2D eigenvalue weighted by Gasteiger charge is -2.14. The van der Waals surface area contributed by atoms with E-state index in [1.807, 2.05) is 25.1 Å². The second-order valence-electron chi connectivity index (χ2n) is 3.54. The molecule has 5 heteroatoms. The molecule has 0 spiro atoms. The van der Waals surface area contributed by atoms with Crippen LogP contribution in [-0.2, 0) is 4.74 Å². The maximum Gasteiger partial charge on any atom is 0.121 e. The molecule has 0 bridgehead atoms. The molecule has 0 fully saturated rings. The Labute approximate surface area is 110 Å². The smallest absolute Gasteiger partial charge is 0.121 e. The van der Waals surface area contributed by atoms with Crippen molar-refractivity contribution >= 4 is 21.6 Å². The molecule has 0 aliphatic heterocycles. The van der Waals surface area contributed by atoms with Crippen molar-refractivity contribution in [3.63, 3.8) is 0 Å². The predicted molar refractivity (Wildman–Crippen MR) is 71.7 cm³/mol. The van der Waals surface area contributed by atoms with Crippen LogP contribution in [0.3, 0.4) is 0 Å². The minimum absolute atomic E-state index is 0.338. The maximum absolute atomic E-state index is 9.62. The van der Waals surface area contributed by atoms with E-state index in [1.165, 1.54) is 0 Å². The molecule has 4 nitrogen and oxygen atoms in total. The van der Waals surface area contributed by atoms with Crippen LogP contribution in [0.25, 0.3) is 0 Å². The Balaban J connectivity index is 2.50. The molecule has 96 valence electrons. The number of methoxy groups -OCH3 is 1. The average molecular weight is 304 g/mol. The summed E-state index contributed by atoms with van der Waals surface area (Å²) in [5.74, 6) is 0.773. The predicted octanol–water partition coefficient (Wildman–Crippen LogP) is 2.27. The first-order valence-corrected chi connectivity index (χ1v) is 6.30. The number of aliphatic hydroxyl groups excluding tert-OH is 1. The third-order valence-corrected chi connectivity index (χ3v) is 2.91. The van der Waals surface area contributed by atoms with E-state index in [2.05, 4.69) is 21.2 Å². The Kier molecular flexibility index (Phi) is 6.32. The number of anilines is 1. The molecule has 1 unspecified atom stereocenters. The highest BCUT2D eigenvalue weighted by atomic mass is 79.9. The lowest BCUT2D eigenvalue weighted by Crippen LogP contribution is -2.24. The summed E-state index contributed by atoms with van der Waals surface area (Å²) in [6.45, 7) is 3.29. The zero-order valence-corrected chi connectivity index (χ0v) is 11.7. The Morgan fingerprint density at radius 3 is 2.88 bits per heavy atom. The van der Waals surface area contributed by atoms with Crippen LogP contribution in [0.15, 0.2) is 22.7 Å². The average Bonchev–Trinajstić information content (AvgIpc) is 2.35. The van der Waals surface area contributed by atoms with Crippen molar-refractivity contribution < 1.29 is 14.6 Å². The van der Waals surface area contributed by atoms with Gasteiger partial charge in [0.15, 0.2) is 0 Å². The topological polar surface area (TPSA) is 50.7 Å². The molecular weight excluding hydrogens is 286 g/mol. The Bertz CT molecular complexity index is 347. The lowest BCUT2D eigenvalue weighted by molar-refractivity contribution is 0.0496. The Morgan fingerprint density at radius 1 is 1.47 bits per heavy atom. The summed E-state index contributed by atoms with van der Waals surface area (Å²) in [7, 11) is 1.62. The van der Waals surface area contributed by atoms with Crippen LogP contribution in [0.4, 0.5) is 5.69 Å². The largest absolute Gasteiger partial charge is 0.497 e. The minimum Gasteiger partial charge on any atom is -0.497 e. The molecule has 2 N–H and O–H groups in total. The Hall–Kier alpha value is -0.780. The standard InChI is InChI=1S/C12H18BrNO3/c1-3-17-8-9(15)7-14-12-6-10(16-2)4-5-11(12)13/h4-6,9,14-15H,3,7-8H2,1-2H3. The van der Waals surface area contributed by atoms with Gasteiger partial charge in [-0.2, -0.15) is 0 Å². The van der Waals surface area contributed by atoms with Crippen LogP contribution in [0, 0.1) is 0 Å². The molecular formula is C12H18BrNO3. The zero-order valence-electron chi connectivity index (χ0n) is 10.1. The first kappa shape index (κ1) is 14.3. The van der Waals surface area contributed by atoms with E-state index in [0.29, 0.717) is 19.8 Å². The summed E-state index contributed by atoms with van der Waals surface area (Å²) >= 11 is 3.43. The number of nitrogens with one attached hydrogen (secondary N) is 1. The maximum atomic E-state index is 9.62. The molecule has 1 rings (SSSR count). The molecule has 0 aromatic heterocycles. The highest BCUT2D eigenvalue weighted by Crippen LogP contribution is 2.26. The van der Waals surface area contributed by atoms with Crippen molar-refractivity contribution in [3.8, 4) is 5.75 Å². The highest BCUT2D eigenvalue weighted by molar-refractivity contribution is 9.10. The van der Waals surface area contributed by atoms with E-state index < -0.39 is 6.10 Å². The van der Waals surface area contributed by atoms with Gasteiger partial charge < -0.3 is 19.9 Å². The summed E-state index contributed by atoms with van der Waals surface area (Å²) < 4.78 is 11.2. The minimum atomic E-state index is -0.520. The fraction of sp³-hybridized carbons (Fsp3) is 0.500. The Morgan fingerprint density at radius 2 is 2.24 bits per heavy atom. The molecule has 0 heterocycles. The van der Waals surface area contributed by atoms with Crippen molar-refractivity contribution in [2.24, 2.45) is 0 Å². The second kappa shape index (κ2) is 7.53. The van der Waals surface area contributed by atoms with E-state index in [0.717, 1.165) is 15.9 Å². The van der Waals surface area contributed by atoms with Gasteiger partial charge in [0.05, 0.1) is 25.5 Å². The molecule has 0 aliphatic rings. The second-order valence-corrected chi connectivity index (χ2v) is 4.39. The van der Waals surface area contributed by atoms with Gasteiger partial charge >= 0.3 is 0 Å². The van der Waals surface area contributed by atoms with E-state index >= 15 is 0 Å². The van der Waals surface area contributed by atoms with Crippen LogP contribution in [0.1, 0.15) is 6.92 Å². The number of aliphatic hydroxyl groups is 1. The number of hydrogen-bond donors (Lipinski definition) is 2. The number of hydrogen-bond acceptors (Lipinski definition) is 4. The van der Waals surface area contributed by atoms with Crippen molar-refractivity contribution in [1.82, 2.24) is 0 Å². The molecule has 0 saturated heterocycles. The van der Waals surface area contributed by atoms with Gasteiger partial charge in [-0.1, -0.05) is 0 Å². The number of halogens is 1. The van der Waals surface area contributed by atoms with Crippen LogP contribution in [0.2, 0.25) is 0 Å². The van der Waals surface area contributed by atoms with Crippen molar-refractivity contribution in [2.45, 2.75) is 13.0 Å². The fourth-order valence-corrected chi connectivity index (χ4v) is 1.69. The van der Waals surface area contributed by atoms with Gasteiger partial charge in [0, 0.05) is 23.7 Å². The van der Waals surface area contributed by atoms with Crippen molar-refractivity contribution in [1.29, 1.82) is 0 Å². The lowest BCUT2D eigenvalue weighted by atomic mass is 10.3. The van der Waals surface area contributed by atoms with Crippen molar-refractivity contribution in [3.05, 3.63) is 22.7 Å².